The number of carbonyl (C=O) groups excluding carboxylic acids is 1. The first-order valence-corrected chi connectivity index (χ1v) is 6.15. The fraction of sp³-hybridized carbons (Fsp3) is 0.500. The Kier molecular flexibility index (Phi) is 5.86. The highest BCUT2D eigenvalue weighted by molar-refractivity contribution is 5.78. The van der Waals surface area contributed by atoms with Crippen LogP contribution in [0.4, 0.5) is 13.2 Å². The van der Waals surface area contributed by atoms with Crippen molar-refractivity contribution in [3.8, 4) is 5.75 Å². The summed E-state index contributed by atoms with van der Waals surface area (Å²) in [4.78, 5) is 11.3. The van der Waals surface area contributed by atoms with Gasteiger partial charge in [0.2, 0.25) is 0 Å². The Morgan fingerprint density at radius 3 is 2.63 bits per heavy atom. The highest BCUT2D eigenvalue weighted by Gasteiger charge is 2.26. The summed E-state index contributed by atoms with van der Waals surface area (Å²) in [6, 6.07) is 7.39. The van der Waals surface area contributed by atoms with Gasteiger partial charge in [-0.2, -0.15) is 13.2 Å². The zero-order chi connectivity index (χ0) is 14.3. The van der Waals surface area contributed by atoms with Gasteiger partial charge in [0, 0.05) is 19.3 Å². The van der Waals surface area contributed by atoms with Crippen molar-refractivity contribution in [1.82, 2.24) is 0 Å². The Morgan fingerprint density at radius 2 is 2.00 bits per heavy atom. The number of carbonyl (C=O) groups is 1. The number of aryl methyl sites for hydroxylation is 1. The number of benzene rings is 1. The van der Waals surface area contributed by atoms with E-state index in [1.54, 1.807) is 6.07 Å². The molecule has 0 radical (unpaired) electrons. The molecule has 1 rings (SSSR count). The average Bonchev–Trinajstić information content (AvgIpc) is 2.27. The summed E-state index contributed by atoms with van der Waals surface area (Å²) in [5.74, 6) is 0.472. The number of alkyl halides is 3. The van der Waals surface area contributed by atoms with Crippen LogP contribution >= 0.6 is 0 Å². The van der Waals surface area contributed by atoms with Crippen LogP contribution in [0, 0.1) is 6.92 Å². The van der Waals surface area contributed by atoms with Gasteiger partial charge >= 0.3 is 6.18 Å². The number of halogens is 3. The summed E-state index contributed by atoms with van der Waals surface area (Å²) in [6.07, 6.45) is -5.13. The predicted octanol–water partition coefficient (Wildman–Crippen LogP) is 4.07. The van der Waals surface area contributed by atoms with Gasteiger partial charge in [-0.25, -0.2) is 0 Å². The maximum Gasteiger partial charge on any atom is 0.389 e. The molecule has 1 aromatic carbocycles. The Bertz CT molecular complexity index is 413. The summed E-state index contributed by atoms with van der Waals surface area (Å²) in [6.45, 7) is 2.13. The highest BCUT2D eigenvalue weighted by atomic mass is 19.4. The molecule has 0 spiro atoms. The highest BCUT2D eigenvalue weighted by Crippen LogP contribution is 2.22. The molecule has 0 aliphatic heterocycles. The largest absolute Gasteiger partial charge is 0.493 e. The van der Waals surface area contributed by atoms with Crippen molar-refractivity contribution in [1.29, 1.82) is 0 Å². The van der Waals surface area contributed by atoms with Crippen LogP contribution in [0.2, 0.25) is 0 Å². The lowest BCUT2D eigenvalue weighted by molar-refractivity contribution is -0.137. The molecule has 0 atom stereocenters. The van der Waals surface area contributed by atoms with Crippen LogP contribution in [0.1, 0.15) is 31.2 Å². The number of ether oxygens (including phenoxy) is 1. The number of hydrogen-bond donors (Lipinski definition) is 0. The van der Waals surface area contributed by atoms with Crippen molar-refractivity contribution in [3.05, 3.63) is 29.8 Å². The van der Waals surface area contributed by atoms with Crippen molar-refractivity contribution >= 4 is 5.78 Å². The van der Waals surface area contributed by atoms with E-state index in [9.17, 15) is 18.0 Å². The molecular weight excluding hydrogens is 257 g/mol. The molecule has 2 nitrogen and oxygen atoms in total. The van der Waals surface area contributed by atoms with Gasteiger partial charge < -0.3 is 4.74 Å². The monoisotopic (exact) mass is 274 g/mol. The topological polar surface area (TPSA) is 26.3 Å². The summed E-state index contributed by atoms with van der Waals surface area (Å²) < 4.78 is 41.0. The second kappa shape index (κ2) is 7.16. The quantitative estimate of drug-likeness (QED) is 0.749. The smallest absolute Gasteiger partial charge is 0.389 e. The minimum Gasteiger partial charge on any atom is -0.493 e. The number of Topliss-reactive ketones (excluding diaryl/α,β-unsaturated/α-hetero) is 1. The second-order valence-electron chi connectivity index (χ2n) is 4.42. The third-order valence-corrected chi connectivity index (χ3v) is 2.56. The lowest BCUT2D eigenvalue weighted by Crippen LogP contribution is -2.10. The lowest BCUT2D eigenvalue weighted by atomic mass is 10.1. The van der Waals surface area contributed by atoms with Crippen LogP contribution in [-0.4, -0.2) is 18.6 Å². The van der Waals surface area contributed by atoms with Crippen LogP contribution in [0.3, 0.4) is 0 Å². The minimum absolute atomic E-state index is 0.0450. The zero-order valence-electron chi connectivity index (χ0n) is 10.8. The SMILES string of the molecule is Cc1cccc(OCCC(=O)CCCC(F)(F)F)c1. The predicted molar refractivity (Wildman–Crippen MR) is 66.2 cm³/mol. The van der Waals surface area contributed by atoms with Crippen LogP contribution in [0.5, 0.6) is 5.75 Å². The average molecular weight is 274 g/mol. The van der Waals surface area contributed by atoms with Gasteiger partial charge in [0.15, 0.2) is 0 Å². The van der Waals surface area contributed by atoms with E-state index in [2.05, 4.69) is 0 Å². The molecule has 0 amide bonds. The molecule has 0 fully saturated rings. The first-order chi connectivity index (χ1) is 8.87. The van der Waals surface area contributed by atoms with E-state index < -0.39 is 12.6 Å². The van der Waals surface area contributed by atoms with Crippen molar-refractivity contribution in [3.63, 3.8) is 0 Å². The van der Waals surface area contributed by atoms with Crippen LogP contribution in [0.15, 0.2) is 24.3 Å². The molecule has 0 aromatic heterocycles. The van der Waals surface area contributed by atoms with Gasteiger partial charge in [-0.3, -0.25) is 4.79 Å². The van der Waals surface area contributed by atoms with Crippen LogP contribution < -0.4 is 4.74 Å². The molecule has 0 saturated heterocycles. The molecule has 106 valence electrons. The fourth-order valence-corrected chi connectivity index (χ4v) is 1.60. The molecule has 5 heteroatoms. The Balaban J connectivity index is 2.17. The third-order valence-electron chi connectivity index (χ3n) is 2.56. The standard InChI is InChI=1S/C14H17F3O2/c1-11-4-2-6-13(10-11)19-9-7-12(18)5-3-8-14(15,16)17/h2,4,6,10H,3,5,7-9H2,1H3. The first kappa shape index (κ1) is 15.5. The molecule has 0 aliphatic carbocycles. The Labute approximate surface area is 110 Å². The number of hydrogen-bond acceptors (Lipinski definition) is 2. The summed E-state index contributed by atoms with van der Waals surface area (Å²) in [7, 11) is 0. The Hall–Kier alpha value is -1.52. The fourth-order valence-electron chi connectivity index (χ4n) is 1.60. The van der Waals surface area contributed by atoms with E-state index in [1.807, 2.05) is 25.1 Å². The molecule has 0 unspecified atom stereocenters. The number of rotatable bonds is 7. The minimum atomic E-state index is -4.18. The summed E-state index contributed by atoms with van der Waals surface area (Å²) >= 11 is 0. The van der Waals surface area contributed by atoms with Gasteiger partial charge in [0.1, 0.15) is 11.5 Å². The maximum atomic E-state index is 11.9. The number of ketones is 1. The van der Waals surface area contributed by atoms with Crippen molar-refractivity contribution in [2.75, 3.05) is 6.61 Å². The molecule has 1 aromatic rings. The lowest BCUT2D eigenvalue weighted by Gasteiger charge is -2.07. The molecule has 0 saturated carbocycles. The van der Waals surface area contributed by atoms with Crippen molar-refractivity contribution < 1.29 is 22.7 Å². The van der Waals surface area contributed by atoms with Gasteiger partial charge in [-0.05, 0) is 31.0 Å². The van der Waals surface area contributed by atoms with E-state index in [0.29, 0.717) is 5.75 Å². The molecule has 0 heterocycles. The van der Waals surface area contributed by atoms with E-state index in [0.717, 1.165) is 5.56 Å². The zero-order valence-corrected chi connectivity index (χ0v) is 10.8. The molecule has 0 N–H and O–H groups in total. The van der Waals surface area contributed by atoms with E-state index >= 15 is 0 Å². The third kappa shape index (κ3) is 7.49. The molecule has 0 bridgehead atoms. The van der Waals surface area contributed by atoms with Crippen LogP contribution in [0.25, 0.3) is 0 Å². The van der Waals surface area contributed by atoms with E-state index in [4.69, 9.17) is 4.74 Å². The van der Waals surface area contributed by atoms with Gasteiger partial charge in [-0.15, -0.1) is 0 Å². The Morgan fingerprint density at radius 1 is 1.26 bits per heavy atom. The maximum absolute atomic E-state index is 11.9. The van der Waals surface area contributed by atoms with Crippen molar-refractivity contribution in [2.24, 2.45) is 0 Å². The van der Waals surface area contributed by atoms with Gasteiger partial charge in [-0.1, -0.05) is 12.1 Å². The first-order valence-electron chi connectivity index (χ1n) is 6.15. The normalized spacial score (nSPS) is 11.4. The van der Waals surface area contributed by atoms with Gasteiger partial charge in [0.05, 0.1) is 6.61 Å². The molecular formula is C14H17F3O2. The van der Waals surface area contributed by atoms with Crippen molar-refractivity contribution in [2.45, 2.75) is 38.8 Å². The molecule has 19 heavy (non-hydrogen) atoms. The second-order valence-corrected chi connectivity index (χ2v) is 4.42. The molecule has 0 aliphatic rings. The summed E-state index contributed by atoms with van der Waals surface area (Å²) in [5, 5.41) is 0. The van der Waals surface area contributed by atoms with E-state index in [-0.39, 0.29) is 31.7 Å². The van der Waals surface area contributed by atoms with Gasteiger partial charge in [0.25, 0.3) is 0 Å². The summed E-state index contributed by atoms with van der Waals surface area (Å²) in [5.41, 5.74) is 1.05. The van der Waals surface area contributed by atoms with Crippen LogP contribution in [-0.2, 0) is 4.79 Å². The van der Waals surface area contributed by atoms with E-state index in [1.165, 1.54) is 0 Å².